The van der Waals surface area contributed by atoms with E-state index in [1.165, 1.54) is 19.9 Å². The molecule has 0 aliphatic rings. The Bertz CT molecular complexity index is 1050. The van der Waals surface area contributed by atoms with Gasteiger partial charge in [-0.3, -0.25) is 14.6 Å². The Kier molecular flexibility index (Phi) is 10.2. The first kappa shape index (κ1) is 24.8. The Morgan fingerprint density at radius 3 is 2.33 bits per heavy atom. The van der Waals surface area contributed by atoms with Gasteiger partial charge in [0.1, 0.15) is 11.4 Å². The second-order valence-corrected chi connectivity index (χ2v) is 6.12. The first-order valence-electron chi connectivity index (χ1n) is 8.81. The minimum absolute atomic E-state index is 0. The van der Waals surface area contributed by atoms with Crippen LogP contribution in [0.1, 0.15) is 13.8 Å². The normalized spacial score (nSPS) is 10.0. The van der Waals surface area contributed by atoms with Crippen LogP contribution in [0.5, 0.6) is 5.75 Å². The molecule has 0 saturated heterocycles. The molecule has 30 heavy (non-hydrogen) atoms. The van der Waals surface area contributed by atoms with Crippen LogP contribution in [0.15, 0.2) is 72.6 Å². The van der Waals surface area contributed by atoms with Gasteiger partial charge < -0.3 is 9.84 Å². The SMILES string of the molecule is CC(=O)/C=C(/C)O.[C-]#[N+]c1cc(-c2ccccc2)[c-]c(-c2cc(OC)ccn2)c1.[Pt]. The molecular weight excluding hydrogens is 559 g/mol. The van der Waals surface area contributed by atoms with Crippen molar-refractivity contribution >= 4 is 11.5 Å². The van der Waals surface area contributed by atoms with E-state index < -0.39 is 0 Å². The van der Waals surface area contributed by atoms with Gasteiger partial charge in [0.05, 0.1) is 19.4 Å². The van der Waals surface area contributed by atoms with Crippen LogP contribution in [0.4, 0.5) is 5.69 Å². The summed E-state index contributed by atoms with van der Waals surface area (Å²) in [5, 5.41) is 8.36. The fourth-order valence-electron chi connectivity index (χ4n) is 2.51. The van der Waals surface area contributed by atoms with E-state index in [1.54, 1.807) is 25.4 Å². The number of hydrogen-bond donors (Lipinski definition) is 1. The minimum atomic E-state index is -0.125. The van der Waals surface area contributed by atoms with Crippen molar-refractivity contribution in [3.05, 3.63) is 90.1 Å². The van der Waals surface area contributed by atoms with Crippen molar-refractivity contribution < 1.29 is 35.7 Å². The molecule has 1 N–H and O–H groups in total. The second-order valence-electron chi connectivity index (χ2n) is 6.12. The summed E-state index contributed by atoms with van der Waals surface area (Å²) in [6, 6.07) is 20.5. The number of aliphatic hydroxyl groups excluding tert-OH is 1. The summed E-state index contributed by atoms with van der Waals surface area (Å²) < 4.78 is 5.23. The number of ketones is 1. The molecule has 156 valence electrons. The quantitative estimate of drug-likeness (QED) is 0.241. The van der Waals surface area contributed by atoms with Gasteiger partial charge in [0.25, 0.3) is 0 Å². The third-order valence-corrected chi connectivity index (χ3v) is 3.72. The zero-order valence-electron chi connectivity index (χ0n) is 16.8. The van der Waals surface area contributed by atoms with Gasteiger partial charge in [0.2, 0.25) is 0 Å². The van der Waals surface area contributed by atoms with Crippen molar-refractivity contribution in [2.45, 2.75) is 13.8 Å². The van der Waals surface area contributed by atoms with E-state index in [1.807, 2.05) is 42.5 Å². The van der Waals surface area contributed by atoms with Crippen LogP contribution in [0.25, 0.3) is 27.2 Å². The standard InChI is InChI=1S/C19H13N2O.C5H8O2.Pt/c1-20-17-11-15(14-6-4-3-5-7-14)10-16(12-17)19-13-18(22-2)8-9-21-19;1-4(6)3-5(2)7;/h3-9,11-13H,2H3;3,6H,1-2H3;/q-1;;/b;4-3-;. The second kappa shape index (κ2) is 12.4. The molecule has 0 amide bonds. The molecule has 3 aromatic rings. The Labute approximate surface area is 191 Å². The fraction of sp³-hybridized carbons (Fsp3) is 0.125. The van der Waals surface area contributed by atoms with Crippen molar-refractivity contribution in [3.8, 4) is 28.1 Å². The van der Waals surface area contributed by atoms with E-state index in [9.17, 15) is 4.79 Å². The summed E-state index contributed by atoms with van der Waals surface area (Å²) in [5.74, 6) is 0.667. The van der Waals surface area contributed by atoms with Crippen molar-refractivity contribution in [1.82, 2.24) is 4.98 Å². The van der Waals surface area contributed by atoms with E-state index in [-0.39, 0.29) is 32.6 Å². The number of nitrogens with zero attached hydrogens (tertiary/aromatic N) is 2. The van der Waals surface area contributed by atoms with Crippen LogP contribution in [-0.2, 0) is 25.9 Å². The molecular formula is C24H21N2O3Pt-. The summed E-state index contributed by atoms with van der Waals surface area (Å²) >= 11 is 0. The van der Waals surface area contributed by atoms with Crippen molar-refractivity contribution in [2.24, 2.45) is 0 Å². The number of aliphatic hydroxyl groups is 1. The molecule has 0 saturated carbocycles. The van der Waals surface area contributed by atoms with Crippen molar-refractivity contribution in [3.63, 3.8) is 0 Å². The molecule has 3 rings (SSSR count). The number of benzene rings is 2. The predicted molar refractivity (Wildman–Crippen MR) is 114 cm³/mol. The summed E-state index contributed by atoms with van der Waals surface area (Å²) in [7, 11) is 1.62. The number of allylic oxidation sites excluding steroid dienone is 2. The van der Waals surface area contributed by atoms with Gasteiger partial charge >= 0.3 is 0 Å². The monoisotopic (exact) mass is 580 g/mol. The molecule has 0 aliphatic carbocycles. The van der Waals surface area contributed by atoms with E-state index in [0.717, 1.165) is 28.1 Å². The summed E-state index contributed by atoms with van der Waals surface area (Å²) in [6.07, 6.45) is 2.86. The third-order valence-electron chi connectivity index (χ3n) is 3.72. The summed E-state index contributed by atoms with van der Waals surface area (Å²) in [5.41, 5.74) is 4.00. The average Bonchev–Trinajstić information content (AvgIpc) is 2.73. The largest absolute Gasteiger partial charge is 0.512 e. The predicted octanol–water partition coefficient (Wildman–Crippen LogP) is 5.81. The smallest absolute Gasteiger partial charge is 0.155 e. The molecule has 0 atom stereocenters. The molecule has 6 heteroatoms. The van der Waals surface area contributed by atoms with E-state index >= 15 is 0 Å². The Balaban J connectivity index is 0.000000489. The van der Waals surface area contributed by atoms with Gasteiger partial charge in [0.15, 0.2) is 5.78 Å². The zero-order chi connectivity index (χ0) is 21.2. The van der Waals surface area contributed by atoms with Gasteiger partial charge in [-0.2, -0.15) is 0 Å². The molecule has 0 spiro atoms. The van der Waals surface area contributed by atoms with E-state index in [2.05, 4.69) is 15.9 Å². The maximum Gasteiger partial charge on any atom is 0.155 e. The van der Waals surface area contributed by atoms with E-state index in [4.69, 9.17) is 16.4 Å². The Morgan fingerprint density at radius 1 is 1.13 bits per heavy atom. The average molecular weight is 581 g/mol. The van der Waals surface area contributed by atoms with Crippen LogP contribution >= 0.6 is 0 Å². The molecule has 0 bridgehead atoms. The van der Waals surface area contributed by atoms with Crippen LogP contribution in [0.2, 0.25) is 0 Å². The molecule has 0 radical (unpaired) electrons. The molecule has 0 fully saturated rings. The fourth-order valence-corrected chi connectivity index (χ4v) is 2.51. The van der Waals surface area contributed by atoms with Crippen LogP contribution in [0.3, 0.4) is 0 Å². The molecule has 5 nitrogen and oxygen atoms in total. The van der Waals surface area contributed by atoms with Crippen molar-refractivity contribution in [2.75, 3.05) is 7.11 Å². The number of aromatic nitrogens is 1. The number of carbonyl (C=O) groups excluding carboxylic acids is 1. The molecule has 1 heterocycles. The number of methoxy groups -OCH3 is 1. The topological polar surface area (TPSA) is 63.8 Å². The first-order valence-corrected chi connectivity index (χ1v) is 8.81. The molecule has 0 aliphatic heterocycles. The molecule has 0 unspecified atom stereocenters. The van der Waals surface area contributed by atoms with Gasteiger partial charge in [-0.15, -0.1) is 29.3 Å². The Hall–Kier alpha value is -3.22. The summed E-state index contributed by atoms with van der Waals surface area (Å²) in [4.78, 5) is 17.9. The van der Waals surface area contributed by atoms with E-state index in [0.29, 0.717) is 5.69 Å². The summed E-state index contributed by atoms with van der Waals surface area (Å²) in [6.45, 7) is 10.2. The van der Waals surface area contributed by atoms with Gasteiger partial charge in [-0.05, 0) is 26.0 Å². The van der Waals surface area contributed by atoms with Crippen LogP contribution < -0.4 is 4.74 Å². The first-order chi connectivity index (χ1) is 13.9. The zero-order valence-corrected chi connectivity index (χ0v) is 19.1. The maximum atomic E-state index is 10.0. The number of ether oxygens (including phenoxy) is 1. The number of pyridine rings is 1. The van der Waals surface area contributed by atoms with Crippen LogP contribution in [-0.4, -0.2) is 23.0 Å². The number of carbonyl (C=O) groups is 1. The third kappa shape index (κ3) is 7.66. The number of rotatable bonds is 4. The number of hydrogen-bond acceptors (Lipinski definition) is 4. The Morgan fingerprint density at radius 2 is 1.80 bits per heavy atom. The molecule has 2 aromatic carbocycles. The van der Waals surface area contributed by atoms with Gasteiger partial charge in [-0.25, -0.2) is 0 Å². The van der Waals surface area contributed by atoms with Crippen LogP contribution in [0, 0.1) is 12.6 Å². The van der Waals surface area contributed by atoms with Gasteiger partial charge in [0, 0.05) is 39.0 Å². The maximum absolute atomic E-state index is 10.0. The minimum Gasteiger partial charge on any atom is -0.512 e. The molecule has 1 aromatic heterocycles. The van der Waals surface area contributed by atoms with Crippen molar-refractivity contribution in [1.29, 1.82) is 0 Å². The van der Waals surface area contributed by atoms with Gasteiger partial charge in [-0.1, -0.05) is 35.9 Å².